The quantitative estimate of drug-likeness (QED) is 0.820. The van der Waals surface area contributed by atoms with E-state index >= 15 is 0 Å². The van der Waals surface area contributed by atoms with E-state index in [2.05, 4.69) is 5.32 Å². The Kier molecular flexibility index (Phi) is 6.66. The van der Waals surface area contributed by atoms with Gasteiger partial charge in [0.05, 0.1) is 11.9 Å². The first-order chi connectivity index (χ1) is 11.4. The smallest absolute Gasteiger partial charge is 0.232 e. The highest BCUT2D eigenvalue weighted by atomic mass is 32.2. The van der Waals surface area contributed by atoms with Gasteiger partial charge >= 0.3 is 0 Å². The first kappa shape index (κ1) is 18.8. The normalized spacial score (nSPS) is 15.9. The molecule has 1 fully saturated rings. The SMILES string of the molecule is Cc1cccc(N(CCCC(=O)NC2CCCCC2)S(C)(=O)=O)c1. The van der Waals surface area contributed by atoms with E-state index in [1.165, 1.54) is 29.8 Å². The molecule has 1 aromatic carbocycles. The Morgan fingerprint density at radius 3 is 2.58 bits per heavy atom. The van der Waals surface area contributed by atoms with Crippen molar-refractivity contribution in [2.75, 3.05) is 17.1 Å². The fraction of sp³-hybridized carbons (Fsp3) is 0.611. The van der Waals surface area contributed by atoms with Crippen LogP contribution in [0.1, 0.15) is 50.5 Å². The van der Waals surface area contributed by atoms with E-state index in [9.17, 15) is 13.2 Å². The predicted octanol–water partition coefficient (Wildman–Crippen LogP) is 2.99. The molecule has 5 nitrogen and oxygen atoms in total. The number of carbonyl (C=O) groups excluding carboxylic acids is 1. The van der Waals surface area contributed by atoms with Gasteiger partial charge < -0.3 is 5.32 Å². The predicted molar refractivity (Wildman–Crippen MR) is 97.6 cm³/mol. The average Bonchev–Trinajstić information content (AvgIpc) is 2.51. The van der Waals surface area contributed by atoms with Crippen molar-refractivity contribution < 1.29 is 13.2 Å². The van der Waals surface area contributed by atoms with Crippen molar-refractivity contribution in [1.82, 2.24) is 5.32 Å². The van der Waals surface area contributed by atoms with Crippen LogP contribution in [-0.4, -0.2) is 33.2 Å². The molecule has 1 aliphatic rings. The van der Waals surface area contributed by atoms with Crippen molar-refractivity contribution in [1.29, 1.82) is 0 Å². The maximum atomic E-state index is 12.1. The minimum atomic E-state index is -3.36. The van der Waals surface area contributed by atoms with Gasteiger partial charge in [-0.1, -0.05) is 31.4 Å². The molecule has 6 heteroatoms. The Bertz CT molecular complexity index is 652. The summed E-state index contributed by atoms with van der Waals surface area (Å²) in [5, 5.41) is 3.07. The third-order valence-electron chi connectivity index (χ3n) is 4.43. The van der Waals surface area contributed by atoms with Gasteiger partial charge in [-0.05, 0) is 43.9 Å². The molecule has 1 N–H and O–H groups in total. The lowest BCUT2D eigenvalue weighted by Gasteiger charge is -2.24. The lowest BCUT2D eigenvalue weighted by Crippen LogP contribution is -2.37. The molecular formula is C18H28N2O3S. The van der Waals surface area contributed by atoms with Crippen LogP contribution in [0.15, 0.2) is 24.3 Å². The molecule has 1 aliphatic carbocycles. The Hall–Kier alpha value is -1.56. The summed E-state index contributed by atoms with van der Waals surface area (Å²) in [6.45, 7) is 2.25. The molecule has 24 heavy (non-hydrogen) atoms. The number of anilines is 1. The number of sulfonamides is 1. The van der Waals surface area contributed by atoms with Crippen LogP contribution in [0, 0.1) is 6.92 Å². The molecule has 0 spiro atoms. The first-order valence-electron chi connectivity index (χ1n) is 8.70. The molecule has 0 saturated heterocycles. The molecule has 2 rings (SSSR count). The van der Waals surface area contributed by atoms with Crippen LogP contribution in [0.4, 0.5) is 5.69 Å². The Balaban J connectivity index is 1.88. The van der Waals surface area contributed by atoms with Crippen molar-refractivity contribution in [2.24, 2.45) is 0 Å². The topological polar surface area (TPSA) is 66.5 Å². The zero-order valence-corrected chi connectivity index (χ0v) is 15.4. The van der Waals surface area contributed by atoms with Crippen molar-refractivity contribution >= 4 is 21.6 Å². The van der Waals surface area contributed by atoms with Gasteiger partial charge in [0.1, 0.15) is 0 Å². The van der Waals surface area contributed by atoms with Crippen LogP contribution in [0.25, 0.3) is 0 Å². The zero-order chi connectivity index (χ0) is 17.6. The molecule has 1 saturated carbocycles. The first-order valence-corrected chi connectivity index (χ1v) is 10.5. The average molecular weight is 353 g/mol. The maximum Gasteiger partial charge on any atom is 0.232 e. The van der Waals surface area contributed by atoms with E-state index in [4.69, 9.17) is 0 Å². The fourth-order valence-corrected chi connectivity index (χ4v) is 4.16. The Morgan fingerprint density at radius 1 is 1.25 bits per heavy atom. The van der Waals surface area contributed by atoms with Crippen LogP contribution < -0.4 is 9.62 Å². The molecule has 0 heterocycles. The second-order valence-electron chi connectivity index (χ2n) is 6.68. The summed E-state index contributed by atoms with van der Waals surface area (Å²) in [5.74, 6) is 0.0274. The number of carbonyl (C=O) groups is 1. The van der Waals surface area contributed by atoms with Gasteiger partial charge in [-0.25, -0.2) is 8.42 Å². The molecular weight excluding hydrogens is 324 g/mol. The number of hydrogen-bond donors (Lipinski definition) is 1. The highest BCUT2D eigenvalue weighted by Crippen LogP contribution is 2.20. The largest absolute Gasteiger partial charge is 0.353 e. The van der Waals surface area contributed by atoms with E-state index in [1.807, 2.05) is 25.1 Å². The van der Waals surface area contributed by atoms with Gasteiger partial charge in [0.15, 0.2) is 0 Å². The third-order valence-corrected chi connectivity index (χ3v) is 5.62. The number of benzene rings is 1. The van der Waals surface area contributed by atoms with Gasteiger partial charge in [0, 0.05) is 19.0 Å². The molecule has 0 unspecified atom stereocenters. The molecule has 0 bridgehead atoms. The molecule has 0 aliphatic heterocycles. The number of nitrogens with one attached hydrogen (secondary N) is 1. The summed E-state index contributed by atoms with van der Waals surface area (Å²) in [7, 11) is -3.36. The Morgan fingerprint density at radius 2 is 1.96 bits per heavy atom. The van der Waals surface area contributed by atoms with Gasteiger partial charge in [0.25, 0.3) is 0 Å². The van der Waals surface area contributed by atoms with E-state index in [1.54, 1.807) is 6.07 Å². The summed E-state index contributed by atoms with van der Waals surface area (Å²) >= 11 is 0. The fourth-order valence-electron chi connectivity index (χ4n) is 3.20. The highest BCUT2D eigenvalue weighted by molar-refractivity contribution is 7.92. The maximum absolute atomic E-state index is 12.1. The standard InChI is InChI=1S/C18H28N2O3S/c1-15-8-6-11-17(14-15)20(24(2,22)23)13-7-12-18(21)19-16-9-4-3-5-10-16/h6,8,11,14,16H,3-5,7,9-10,12-13H2,1-2H3,(H,19,21). The van der Waals surface area contributed by atoms with Crippen LogP contribution in [0.5, 0.6) is 0 Å². The van der Waals surface area contributed by atoms with Crippen LogP contribution >= 0.6 is 0 Å². The molecule has 0 radical (unpaired) electrons. The van der Waals surface area contributed by atoms with Crippen molar-refractivity contribution in [3.05, 3.63) is 29.8 Å². The Labute approximate surface area is 145 Å². The molecule has 1 aromatic rings. The second-order valence-corrected chi connectivity index (χ2v) is 8.59. The minimum absolute atomic E-state index is 0.0274. The lowest BCUT2D eigenvalue weighted by atomic mass is 9.95. The summed E-state index contributed by atoms with van der Waals surface area (Å²) in [4.78, 5) is 12.1. The lowest BCUT2D eigenvalue weighted by molar-refractivity contribution is -0.122. The van der Waals surface area contributed by atoms with Crippen LogP contribution in [-0.2, 0) is 14.8 Å². The molecule has 1 amide bonds. The third kappa shape index (κ3) is 5.82. The summed E-state index contributed by atoms with van der Waals surface area (Å²) in [6, 6.07) is 7.72. The number of hydrogen-bond acceptors (Lipinski definition) is 3. The van der Waals surface area contributed by atoms with Gasteiger partial charge in [-0.2, -0.15) is 0 Å². The number of nitrogens with zero attached hydrogens (tertiary/aromatic N) is 1. The van der Waals surface area contributed by atoms with Crippen LogP contribution in [0.2, 0.25) is 0 Å². The van der Waals surface area contributed by atoms with Gasteiger partial charge in [-0.3, -0.25) is 9.10 Å². The monoisotopic (exact) mass is 352 g/mol. The van der Waals surface area contributed by atoms with E-state index in [0.29, 0.717) is 31.1 Å². The summed E-state index contributed by atoms with van der Waals surface area (Å²) in [5.41, 5.74) is 1.67. The van der Waals surface area contributed by atoms with Crippen molar-refractivity contribution in [3.8, 4) is 0 Å². The van der Waals surface area contributed by atoms with E-state index < -0.39 is 10.0 Å². The van der Waals surface area contributed by atoms with Crippen molar-refractivity contribution in [2.45, 2.75) is 57.9 Å². The second kappa shape index (κ2) is 8.51. The number of aryl methyl sites for hydroxylation is 1. The minimum Gasteiger partial charge on any atom is -0.353 e. The molecule has 0 aromatic heterocycles. The highest BCUT2D eigenvalue weighted by Gasteiger charge is 2.19. The molecule has 0 atom stereocenters. The summed E-state index contributed by atoms with van der Waals surface area (Å²) in [6.07, 6.45) is 7.81. The van der Waals surface area contributed by atoms with E-state index in [0.717, 1.165) is 18.4 Å². The van der Waals surface area contributed by atoms with Gasteiger partial charge in [-0.15, -0.1) is 0 Å². The van der Waals surface area contributed by atoms with Crippen LogP contribution in [0.3, 0.4) is 0 Å². The number of rotatable bonds is 7. The van der Waals surface area contributed by atoms with E-state index in [-0.39, 0.29) is 5.91 Å². The van der Waals surface area contributed by atoms with Gasteiger partial charge in [0.2, 0.25) is 15.9 Å². The number of amides is 1. The molecule has 134 valence electrons. The zero-order valence-electron chi connectivity index (χ0n) is 14.6. The summed E-state index contributed by atoms with van der Waals surface area (Å²) < 4.78 is 25.5. The van der Waals surface area contributed by atoms with Crippen molar-refractivity contribution in [3.63, 3.8) is 0 Å².